The SMILES string of the molecule is O=C(O)c1cc2ccccc2n1-c1ccc([N+](=O)[O-])cc1. The molecular formula is C15H10N2O4. The largest absolute Gasteiger partial charge is 0.477 e. The molecule has 0 aliphatic rings. The first-order valence-corrected chi connectivity index (χ1v) is 6.16. The molecule has 0 unspecified atom stereocenters. The molecule has 0 bridgehead atoms. The van der Waals surface area contributed by atoms with Crippen LogP contribution in [0.25, 0.3) is 16.6 Å². The summed E-state index contributed by atoms with van der Waals surface area (Å²) in [5.74, 6) is -1.05. The summed E-state index contributed by atoms with van der Waals surface area (Å²) in [5.41, 5.74) is 1.39. The van der Waals surface area contributed by atoms with Crippen LogP contribution in [0.1, 0.15) is 10.5 Å². The minimum Gasteiger partial charge on any atom is -0.477 e. The molecule has 1 N–H and O–H groups in total. The lowest BCUT2D eigenvalue weighted by molar-refractivity contribution is -0.384. The van der Waals surface area contributed by atoms with Crippen molar-refractivity contribution in [2.24, 2.45) is 0 Å². The predicted octanol–water partition coefficient (Wildman–Crippen LogP) is 3.24. The van der Waals surface area contributed by atoms with Crippen molar-refractivity contribution in [1.29, 1.82) is 0 Å². The number of nitrogens with zero attached hydrogens (tertiary/aromatic N) is 2. The molecule has 1 heterocycles. The van der Waals surface area contributed by atoms with E-state index in [-0.39, 0.29) is 11.4 Å². The number of para-hydroxylation sites is 1. The predicted molar refractivity (Wildman–Crippen MR) is 76.9 cm³/mol. The number of aromatic nitrogens is 1. The summed E-state index contributed by atoms with van der Waals surface area (Å²) < 4.78 is 1.57. The van der Waals surface area contributed by atoms with Crippen molar-refractivity contribution in [1.82, 2.24) is 4.57 Å². The summed E-state index contributed by atoms with van der Waals surface area (Å²) in [5, 5.41) is 20.8. The third kappa shape index (κ3) is 2.12. The number of benzene rings is 2. The number of carbonyl (C=O) groups is 1. The summed E-state index contributed by atoms with van der Waals surface area (Å²) in [6.45, 7) is 0. The van der Waals surface area contributed by atoms with Crippen LogP contribution in [0.3, 0.4) is 0 Å². The number of rotatable bonds is 3. The lowest BCUT2D eigenvalue weighted by Crippen LogP contribution is -2.06. The van der Waals surface area contributed by atoms with E-state index in [0.29, 0.717) is 5.69 Å². The second-order valence-electron chi connectivity index (χ2n) is 4.50. The van der Waals surface area contributed by atoms with Gasteiger partial charge in [0.1, 0.15) is 5.69 Å². The molecule has 0 radical (unpaired) electrons. The number of non-ortho nitro benzene ring substituents is 1. The fourth-order valence-corrected chi connectivity index (χ4v) is 2.31. The highest BCUT2D eigenvalue weighted by atomic mass is 16.6. The fraction of sp³-hybridized carbons (Fsp3) is 0. The molecular weight excluding hydrogens is 272 g/mol. The van der Waals surface area contributed by atoms with E-state index in [2.05, 4.69) is 0 Å². The second-order valence-corrected chi connectivity index (χ2v) is 4.50. The quantitative estimate of drug-likeness (QED) is 0.590. The lowest BCUT2D eigenvalue weighted by atomic mass is 10.2. The third-order valence-corrected chi connectivity index (χ3v) is 3.25. The topological polar surface area (TPSA) is 85.4 Å². The monoisotopic (exact) mass is 282 g/mol. The molecule has 0 aliphatic heterocycles. The van der Waals surface area contributed by atoms with Gasteiger partial charge in [-0.1, -0.05) is 18.2 Å². The first-order chi connectivity index (χ1) is 10.1. The highest BCUT2D eigenvalue weighted by molar-refractivity contribution is 5.96. The summed E-state index contributed by atoms with van der Waals surface area (Å²) in [6, 6.07) is 14.6. The maximum absolute atomic E-state index is 11.4. The van der Waals surface area contributed by atoms with Crippen molar-refractivity contribution >= 4 is 22.6 Å². The lowest BCUT2D eigenvalue weighted by Gasteiger charge is -2.08. The molecule has 2 aromatic carbocycles. The Kier molecular flexibility index (Phi) is 2.91. The van der Waals surface area contributed by atoms with Crippen molar-refractivity contribution < 1.29 is 14.8 Å². The highest BCUT2D eigenvalue weighted by Gasteiger charge is 2.16. The standard InChI is InChI=1S/C15H10N2O4/c18-15(19)14-9-10-3-1-2-4-13(10)16(14)11-5-7-12(8-6-11)17(20)21/h1-9H,(H,18,19). The Morgan fingerprint density at radius 3 is 2.38 bits per heavy atom. The minimum absolute atomic E-state index is 0.0351. The first kappa shape index (κ1) is 12.9. The Morgan fingerprint density at radius 2 is 1.76 bits per heavy atom. The second kappa shape index (κ2) is 4.75. The van der Waals surface area contributed by atoms with Crippen LogP contribution in [-0.2, 0) is 0 Å². The summed E-state index contributed by atoms with van der Waals surface area (Å²) in [6.07, 6.45) is 0. The molecule has 3 rings (SSSR count). The van der Waals surface area contributed by atoms with Gasteiger partial charge in [0.25, 0.3) is 5.69 Å². The number of aromatic carboxylic acids is 1. The molecule has 0 saturated carbocycles. The Morgan fingerprint density at radius 1 is 1.10 bits per heavy atom. The van der Waals surface area contributed by atoms with Gasteiger partial charge in [-0.2, -0.15) is 0 Å². The van der Waals surface area contributed by atoms with Crippen molar-refractivity contribution in [2.75, 3.05) is 0 Å². The van der Waals surface area contributed by atoms with Gasteiger partial charge >= 0.3 is 5.97 Å². The van der Waals surface area contributed by atoms with Gasteiger partial charge in [0.2, 0.25) is 0 Å². The average Bonchev–Trinajstić information content (AvgIpc) is 2.87. The van der Waals surface area contributed by atoms with E-state index in [1.807, 2.05) is 24.3 Å². The zero-order chi connectivity index (χ0) is 15.0. The van der Waals surface area contributed by atoms with Crippen LogP contribution in [-0.4, -0.2) is 20.6 Å². The number of nitro benzene ring substituents is 1. The number of fused-ring (bicyclic) bond motifs is 1. The Bertz CT molecular complexity index is 850. The zero-order valence-corrected chi connectivity index (χ0v) is 10.8. The van der Waals surface area contributed by atoms with Crippen molar-refractivity contribution in [3.05, 3.63) is 70.4 Å². The number of nitro groups is 1. The number of hydrogen-bond acceptors (Lipinski definition) is 3. The number of carboxylic acid groups (broad SMARTS) is 1. The van der Waals surface area contributed by atoms with Crippen molar-refractivity contribution in [3.8, 4) is 5.69 Å². The van der Waals surface area contributed by atoms with E-state index in [1.165, 1.54) is 24.3 Å². The molecule has 0 amide bonds. The van der Waals surface area contributed by atoms with Crippen LogP contribution in [0, 0.1) is 10.1 Å². The van der Waals surface area contributed by atoms with E-state index >= 15 is 0 Å². The molecule has 6 heteroatoms. The first-order valence-electron chi connectivity index (χ1n) is 6.16. The van der Waals surface area contributed by atoms with Crippen LogP contribution in [0.15, 0.2) is 54.6 Å². The maximum atomic E-state index is 11.4. The minimum atomic E-state index is -1.05. The molecule has 0 saturated heterocycles. The summed E-state index contributed by atoms with van der Waals surface area (Å²) in [7, 11) is 0. The van der Waals surface area contributed by atoms with Crippen molar-refractivity contribution in [3.63, 3.8) is 0 Å². The molecule has 0 spiro atoms. The number of carboxylic acids is 1. The van der Waals surface area contributed by atoms with Gasteiger partial charge in [-0.05, 0) is 24.3 Å². The van der Waals surface area contributed by atoms with E-state index < -0.39 is 10.9 Å². The van der Waals surface area contributed by atoms with Gasteiger partial charge in [-0.25, -0.2) is 4.79 Å². The molecule has 0 atom stereocenters. The average molecular weight is 282 g/mol. The van der Waals surface area contributed by atoms with Crippen LogP contribution >= 0.6 is 0 Å². The van der Waals surface area contributed by atoms with E-state index in [0.717, 1.165) is 10.9 Å². The molecule has 3 aromatic rings. The highest BCUT2D eigenvalue weighted by Crippen LogP contribution is 2.25. The Balaban J connectivity index is 2.25. The zero-order valence-electron chi connectivity index (χ0n) is 10.8. The Labute approximate surface area is 119 Å². The van der Waals surface area contributed by atoms with Gasteiger partial charge in [-0.3, -0.25) is 10.1 Å². The van der Waals surface area contributed by atoms with Crippen LogP contribution < -0.4 is 0 Å². The molecule has 21 heavy (non-hydrogen) atoms. The normalized spacial score (nSPS) is 10.7. The van der Waals surface area contributed by atoms with Gasteiger partial charge in [0, 0.05) is 23.2 Å². The van der Waals surface area contributed by atoms with Gasteiger partial charge < -0.3 is 9.67 Å². The van der Waals surface area contributed by atoms with Crippen LogP contribution in [0.5, 0.6) is 0 Å². The van der Waals surface area contributed by atoms with Gasteiger partial charge in [0.15, 0.2) is 0 Å². The van der Waals surface area contributed by atoms with Gasteiger partial charge in [0.05, 0.1) is 10.4 Å². The Hall–Kier alpha value is -3.15. The summed E-state index contributed by atoms with van der Waals surface area (Å²) >= 11 is 0. The molecule has 0 aliphatic carbocycles. The fourth-order valence-electron chi connectivity index (χ4n) is 2.31. The van der Waals surface area contributed by atoms with E-state index in [1.54, 1.807) is 10.6 Å². The molecule has 1 aromatic heterocycles. The third-order valence-electron chi connectivity index (χ3n) is 3.25. The van der Waals surface area contributed by atoms with Crippen molar-refractivity contribution in [2.45, 2.75) is 0 Å². The smallest absolute Gasteiger partial charge is 0.352 e. The summed E-state index contributed by atoms with van der Waals surface area (Å²) in [4.78, 5) is 21.6. The molecule has 104 valence electrons. The van der Waals surface area contributed by atoms with Crippen LogP contribution in [0.2, 0.25) is 0 Å². The number of hydrogen-bond donors (Lipinski definition) is 1. The van der Waals surface area contributed by atoms with Crippen LogP contribution in [0.4, 0.5) is 5.69 Å². The van der Waals surface area contributed by atoms with Gasteiger partial charge in [-0.15, -0.1) is 0 Å². The van der Waals surface area contributed by atoms with E-state index in [9.17, 15) is 20.0 Å². The molecule has 0 fully saturated rings. The van der Waals surface area contributed by atoms with E-state index in [4.69, 9.17) is 0 Å². The maximum Gasteiger partial charge on any atom is 0.352 e. The molecule has 6 nitrogen and oxygen atoms in total.